The Morgan fingerprint density at radius 3 is 2.62 bits per heavy atom. The predicted octanol–water partition coefficient (Wildman–Crippen LogP) is 2.75. The number of hydrogen-bond acceptors (Lipinski definition) is 5. The highest BCUT2D eigenvalue weighted by atomic mass is 19.4. The van der Waals surface area contributed by atoms with Crippen molar-refractivity contribution < 1.29 is 18.0 Å². The number of rotatable bonds is 4. The standard InChI is InChI=1S/C16H13F3N6O/c1-10-7-11(5-6-14(10)25-9-20-23-24-25)15(26)22-21-13-4-2-3-12(8-13)16(17,18)19/h2-9,21H,1H3,(H,22,26). The average Bonchev–Trinajstić information content (AvgIpc) is 3.13. The van der Waals surface area contributed by atoms with Crippen LogP contribution in [0.3, 0.4) is 0 Å². The number of halogens is 3. The van der Waals surface area contributed by atoms with Crippen molar-refractivity contribution in [3.8, 4) is 5.69 Å². The summed E-state index contributed by atoms with van der Waals surface area (Å²) in [4.78, 5) is 12.2. The summed E-state index contributed by atoms with van der Waals surface area (Å²) in [5.41, 5.74) is 5.96. The summed E-state index contributed by atoms with van der Waals surface area (Å²) in [6, 6.07) is 9.39. The van der Waals surface area contributed by atoms with Crippen molar-refractivity contribution in [2.75, 3.05) is 5.43 Å². The third kappa shape index (κ3) is 3.79. The van der Waals surface area contributed by atoms with Gasteiger partial charge >= 0.3 is 6.18 Å². The maximum Gasteiger partial charge on any atom is 0.416 e. The molecule has 0 aliphatic heterocycles. The molecule has 1 heterocycles. The van der Waals surface area contributed by atoms with Gasteiger partial charge in [-0.15, -0.1) is 5.10 Å². The third-order valence-corrected chi connectivity index (χ3v) is 3.57. The third-order valence-electron chi connectivity index (χ3n) is 3.57. The van der Waals surface area contributed by atoms with E-state index in [1.54, 1.807) is 25.1 Å². The molecule has 1 aromatic heterocycles. The molecule has 1 amide bonds. The van der Waals surface area contributed by atoms with Crippen LogP contribution in [0.15, 0.2) is 48.8 Å². The molecule has 134 valence electrons. The SMILES string of the molecule is Cc1cc(C(=O)NNc2cccc(C(F)(F)F)c2)ccc1-n1cnnn1. The second kappa shape index (κ2) is 6.82. The number of aromatic nitrogens is 4. The van der Waals surface area contributed by atoms with Gasteiger partial charge in [-0.1, -0.05) is 6.07 Å². The molecule has 3 aromatic rings. The van der Waals surface area contributed by atoms with E-state index >= 15 is 0 Å². The molecule has 0 saturated carbocycles. The fourth-order valence-electron chi connectivity index (χ4n) is 2.30. The quantitative estimate of drug-likeness (QED) is 0.697. The molecule has 0 unspecified atom stereocenters. The largest absolute Gasteiger partial charge is 0.416 e. The molecule has 0 bridgehead atoms. The van der Waals surface area contributed by atoms with Gasteiger partial charge in [0, 0.05) is 5.56 Å². The van der Waals surface area contributed by atoms with Crippen LogP contribution >= 0.6 is 0 Å². The van der Waals surface area contributed by atoms with Crippen molar-refractivity contribution in [2.24, 2.45) is 0 Å². The monoisotopic (exact) mass is 362 g/mol. The first-order valence-electron chi connectivity index (χ1n) is 7.42. The molecule has 0 saturated heterocycles. The van der Waals surface area contributed by atoms with Gasteiger partial charge in [0.2, 0.25) is 0 Å². The molecule has 10 heteroatoms. The number of anilines is 1. The number of nitrogens with zero attached hydrogens (tertiary/aromatic N) is 4. The summed E-state index contributed by atoms with van der Waals surface area (Å²) < 4.78 is 39.6. The minimum absolute atomic E-state index is 0.121. The van der Waals surface area contributed by atoms with Crippen molar-refractivity contribution >= 4 is 11.6 Å². The maximum absolute atomic E-state index is 12.7. The van der Waals surface area contributed by atoms with Crippen molar-refractivity contribution in [3.63, 3.8) is 0 Å². The summed E-state index contributed by atoms with van der Waals surface area (Å²) in [5, 5.41) is 10.9. The second-order valence-electron chi connectivity index (χ2n) is 5.41. The fraction of sp³-hybridized carbons (Fsp3) is 0.125. The van der Waals surface area contributed by atoms with Gasteiger partial charge in [0.1, 0.15) is 6.33 Å². The zero-order valence-electron chi connectivity index (χ0n) is 13.4. The number of alkyl halides is 3. The zero-order valence-corrected chi connectivity index (χ0v) is 13.4. The van der Waals surface area contributed by atoms with E-state index in [4.69, 9.17) is 0 Å². The van der Waals surface area contributed by atoms with Crippen LogP contribution in [0.1, 0.15) is 21.5 Å². The number of carbonyl (C=O) groups is 1. The molecule has 0 aliphatic rings. The lowest BCUT2D eigenvalue weighted by molar-refractivity contribution is -0.137. The highest BCUT2D eigenvalue weighted by Crippen LogP contribution is 2.30. The van der Waals surface area contributed by atoms with E-state index in [2.05, 4.69) is 26.4 Å². The molecule has 2 N–H and O–H groups in total. The van der Waals surface area contributed by atoms with Gasteiger partial charge in [-0.25, -0.2) is 4.68 Å². The van der Waals surface area contributed by atoms with E-state index in [1.807, 2.05) is 0 Å². The number of nitrogens with one attached hydrogen (secondary N) is 2. The zero-order chi connectivity index (χ0) is 18.7. The normalized spacial score (nSPS) is 11.2. The number of hydrogen-bond donors (Lipinski definition) is 2. The van der Waals surface area contributed by atoms with Crippen LogP contribution in [0.5, 0.6) is 0 Å². The van der Waals surface area contributed by atoms with E-state index in [0.29, 0.717) is 11.3 Å². The Bertz CT molecular complexity index is 924. The Balaban J connectivity index is 1.70. The first-order chi connectivity index (χ1) is 12.3. The Labute approximate surface area is 145 Å². The van der Waals surface area contributed by atoms with Gasteiger partial charge in [0.05, 0.1) is 16.9 Å². The first-order valence-corrected chi connectivity index (χ1v) is 7.42. The molecular weight excluding hydrogens is 349 g/mol. The summed E-state index contributed by atoms with van der Waals surface area (Å²) >= 11 is 0. The molecule has 0 aliphatic carbocycles. The number of aryl methyl sites for hydroxylation is 1. The van der Waals surface area contributed by atoms with Crippen LogP contribution in [0.2, 0.25) is 0 Å². The van der Waals surface area contributed by atoms with Crippen LogP contribution in [-0.2, 0) is 6.18 Å². The van der Waals surface area contributed by atoms with Crippen molar-refractivity contribution in [1.29, 1.82) is 0 Å². The topological polar surface area (TPSA) is 84.7 Å². The number of carbonyl (C=O) groups excluding carboxylic acids is 1. The van der Waals surface area contributed by atoms with Crippen molar-refractivity contribution in [1.82, 2.24) is 25.6 Å². The summed E-state index contributed by atoms with van der Waals surface area (Å²) in [6.07, 6.45) is -3.03. The second-order valence-corrected chi connectivity index (χ2v) is 5.41. The van der Waals surface area contributed by atoms with Gasteiger partial charge in [0.15, 0.2) is 0 Å². The highest BCUT2D eigenvalue weighted by molar-refractivity contribution is 5.95. The fourth-order valence-corrected chi connectivity index (χ4v) is 2.30. The van der Waals surface area contributed by atoms with Crippen LogP contribution in [-0.4, -0.2) is 26.1 Å². The van der Waals surface area contributed by atoms with Crippen LogP contribution in [0.4, 0.5) is 18.9 Å². The number of hydrazine groups is 1. The van der Waals surface area contributed by atoms with E-state index in [0.717, 1.165) is 17.7 Å². The number of amides is 1. The van der Waals surface area contributed by atoms with Crippen LogP contribution < -0.4 is 10.9 Å². The van der Waals surface area contributed by atoms with Crippen molar-refractivity contribution in [3.05, 3.63) is 65.5 Å². The minimum Gasteiger partial charge on any atom is -0.298 e. The maximum atomic E-state index is 12.7. The molecule has 7 nitrogen and oxygen atoms in total. The first kappa shape index (κ1) is 17.4. The lowest BCUT2D eigenvalue weighted by atomic mass is 10.1. The van der Waals surface area contributed by atoms with Crippen molar-refractivity contribution in [2.45, 2.75) is 13.1 Å². The smallest absolute Gasteiger partial charge is 0.298 e. The van der Waals surface area contributed by atoms with Gasteiger partial charge < -0.3 is 0 Å². The Hall–Kier alpha value is -3.43. The van der Waals surface area contributed by atoms with E-state index in [-0.39, 0.29) is 5.69 Å². The number of tetrazole rings is 1. The molecular formula is C16H13F3N6O. The Morgan fingerprint density at radius 1 is 1.15 bits per heavy atom. The molecule has 0 radical (unpaired) electrons. The van der Waals surface area contributed by atoms with Crippen LogP contribution in [0, 0.1) is 6.92 Å². The lowest BCUT2D eigenvalue weighted by Gasteiger charge is -2.12. The van der Waals surface area contributed by atoms with Crippen LogP contribution in [0.25, 0.3) is 5.69 Å². The molecule has 2 aromatic carbocycles. The highest BCUT2D eigenvalue weighted by Gasteiger charge is 2.30. The predicted molar refractivity (Wildman–Crippen MR) is 86.4 cm³/mol. The van der Waals surface area contributed by atoms with Gasteiger partial charge in [-0.2, -0.15) is 13.2 Å². The molecule has 0 atom stereocenters. The molecule has 0 spiro atoms. The molecule has 3 rings (SSSR count). The summed E-state index contributed by atoms with van der Waals surface area (Å²) in [6.45, 7) is 1.79. The van der Waals surface area contributed by atoms with E-state index < -0.39 is 17.6 Å². The van der Waals surface area contributed by atoms with Gasteiger partial charge in [0.25, 0.3) is 5.91 Å². The summed E-state index contributed by atoms with van der Waals surface area (Å²) in [5.74, 6) is -0.492. The Kier molecular flexibility index (Phi) is 4.57. The minimum atomic E-state index is -4.45. The average molecular weight is 362 g/mol. The van der Waals surface area contributed by atoms with Gasteiger partial charge in [-0.05, 0) is 59.3 Å². The van der Waals surface area contributed by atoms with Gasteiger partial charge in [-0.3, -0.25) is 15.6 Å². The lowest BCUT2D eigenvalue weighted by Crippen LogP contribution is -2.29. The molecule has 0 fully saturated rings. The van der Waals surface area contributed by atoms with E-state index in [9.17, 15) is 18.0 Å². The molecule has 26 heavy (non-hydrogen) atoms. The Morgan fingerprint density at radius 2 is 1.96 bits per heavy atom. The van der Waals surface area contributed by atoms with E-state index in [1.165, 1.54) is 23.1 Å². The summed E-state index contributed by atoms with van der Waals surface area (Å²) in [7, 11) is 0. The number of benzene rings is 2.